The van der Waals surface area contributed by atoms with E-state index in [9.17, 15) is 9.59 Å². The second kappa shape index (κ2) is 11.3. The molecule has 184 valence electrons. The minimum Gasteiger partial charge on any atom is -0.497 e. The molecular weight excluding hydrogens is 432 g/mol. The predicted molar refractivity (Wildman–Crippen MR) is 131 cm³/mol. The molecule has 7 heteroatoms. The molecule has 1 aliphatic heterocycles. The van der Waals surface area contributed by atoms with E-state index in [0.717, 1.165) is 22.6 Å². The van der Waals surface area contributed by atoms with E-state index in [0.29, 0.717) is 38.3 Å². The third-order valence-electron chi connectivity index (χ3n) is 5.63. The number of carbonyl (C=O) groups is 2. The topological polar surface area (TPSA) is 77.1 Å². The zero-order valence-electron chi connectivity index (χ0n) is 20.8. The molecule has 0 fully saturated rings. The van der Waals surface area contributed by atoms with Crippen LogP contribution >= 0.6 is 0 Å². The van der Waals surface area contributed by atoms with E-state index in [1.54, 1.807) is 12.0 Å². The monoisotopic (exact) mass is 468 g/mol. The van der Waals surface area contributed by atoms with Crippen LogP contribution in [0.1, 0.15) is 51.7 Å². The Hall–Kier alpha value is -3.22. The number of hydrogen-bond acceptors (Lipinski definition) is 5. The highest BCUT2D eigenvalue weighted by Crippen LogP contribution is 2.31. The van der Waals surface area contributed by atoms with Crippen LogP contribution < -0.4 is 19.5 Å². The molecule has 1 heterocycles. The Bertz CT molecular complexity index is 982. The number of nitrogens with one attached hydrogen (secondary N) is 1. The van der Waals surface area contributed by atoms with Gasteiger partial charge in [0, 0.05) is 18.5 Å². The summed E-state index contributed by atoms with van der Waals surface area (Å²) in [6.45, 7) is 9.16. The molecule has 0 spiro atoms. The fraction of sp³-hybridized carbons (Fsp3) is 0.481. The van der Waals surface area contributed by atoms with Crippen molar-refractivity contribution in [1.29, 1.82) is 0 Å². The third-order valence-corrected chi connectivity index (χ3v) is 5.63. The Labute approximate surface area is 202 Å². The molecule has 0 aromatic heterocycles. The van der Waals surface area contributed by atoms with Crippen LogP contribution in [0, 0.1) is 0 Å². The second-order valence-electron chi connectivity index (χ2n) is 9.51. The van der Waals surface area contributed by atoms with Gasteiger partial charge in [-0.25, -0.2) is 0 Å². The molecule has 2 aromatic carbocycles. The number of carbonyl (C=O) groups excluding carboxylic acids is 2. The van der Waals surface area contributed by atoms with Gasteiger partial charge in [-0.3, -0.25) is 9.59 Å². The van der Waals surface area contributed by atoms with Gasteiger partial charge < -0.3 is 24.4 Å². The van der Waals surface area contributed by atoms with E-state index in [2.05, 4.69) is 5.32 Å². The van der Waals surface area contributed by atoms with Gasteiger partial charge in [0.2, 0.25) is 11.8 Å². The molecule has 0 bridgehead atoms. The van der Waals surface area contributed by atoms with Gasteiger partial charge in [0.25, 0.3) is 0 Å². The Kier molecular flexibility index (Phi) is 8.42. The van der Waals surface area contributed by atoms with Crippen molar-refractivity contribution in [3.05, 3.63) is 53.6 Å². The zero-order chi connectivity index (χ0) is 24.7. The Balaban J connectivity index is 1.77. The number of fused-ring (bicyclic) bond motifs is 1. The lowest BCUT2D eigenvalue weighted by molar-refractivity contribution is -0.142. The van der Waals surface area contributed by atoms with E-state index in [1.807, 2.05) is 70.2 Å². The Morgan fingerprint density at radius 1 is 1.03 bits per heavy atom. The van der Waals surface area contributed by atoms with Gasteiger partial charge in [0.1, 0.15) is 25.0 Å². The van der Waals surface area contributed by atoms with Crippen LogP contribution in [0.2, 0.25) is 0 Å². The molecule has 2 amide bonds. The lowest BCUT2D eigenvalue weighted by Gasteiger charge is -2.33. The highest BCUT2D eigenvalue weighted by Gasteiger charge is 2.30. The van der Waals surface area contributed by atoms with Crippen LogP contribution in [-0.4, -0.2) is 48.6 Å². The van der Waals surface area contributed by atoms with Gasteiger partial charge in [0.05, 0.1) is 7.11 Å². The molecule has 0 saturated carbocycles. The highest BCUT2D eigenvalue weighted by atomic mass is 16.6. The largest absolute Gasteiger partial charge is 0.497 e. The van der Waals surface area contributed by atoms with Gasteiger partial charge in [-0.15, -0.1) is 0 Å². The number of rotatable bonds is 9. The molecule has 7 nitrogen and oxygen atoms in total. The van der Waals surface area contributed by atoms with Crippen LogP contribution in [0.25, 0.3) is 0 Å². The maximum atomic E-state index is 13.5. The summed E-state index contributed by atoms with van der Waals surface area (Å²) in [5, 5.41) is 3.03. The fourth-order valence-electron chi connectivity index (χ4n) is 3.94. The molecule has 2 aromatic rings. The summed E-state index contributed by atoms with van der Waals surface area (Å²) in [4.78, 5) is 28.3. The zero-order valence-corrected chi connectivity index (χ0v) is 20.8. The number of nitrogens with zero attached hydrogens (tertiary/aromatic N) is 1. The first-order valence-corrected chi connectivity index (χ1v) is 11.8. The molecule has 0 radical (unpaired) electrons. The molecular formula is C27H36N2O5. The lowest BCUT2D eigenvalue weighted by atomic mass is 10.0. The Morgan fingerprint density at radius 2 is 1.68 bits per heavy atom. The van der Waals surface area contributed by atoms with E-state index < -0.39 is 6.04 Å². The summed E-state index contributed by atoms with van der Waals surface area (Å²) in [6, 6.07) is 12.8. The average molecular weight is 469 g/mol. The first-order valence-electron chi connectivity index (χ1n) is 11.8. The standard InChI is InChI=1S/C27H36N2O5/c1-6-22(26(31)28-27(2,3)4)29(18-20-7-11-21(32-5)12-8-20)25(30)14-10-19-9-13-23-24(17-19)34-16-15-33-23/h7-9,11-13,17,22H,6,10,14-16,18H2,1-5H3,(H,28,31). The van der Waals surface area contributed by atoms with Gasteiger partial charge in [0.15, 0.2) is 11.5 Å². The van der Waals surface area contributed by atoms with Crippen molar-refractivity contribution < 1.29 is 23.8 Å². The molecule has 3 rings (SSSR count). The summed E-state index contributed by atoms with van der Waals surface area (Å²) in [5.74, 6) is 1.98. The van der Waals surface area contributed by atoms with Crippen LogP contribution in [0.4, 0.5) is 0 Å². The van der Waals surface area contributed by atoms with E-state index in [-0.39, 0.29) is 23.8 Å². The molecule has 1 atom stereocenters. The number of hydrogen-bond donors (Lipinski definition) is 1. The molecule has 0 saturated heterocycles. The smallest absolute Gasteiger partial charge is 0.243 e. The van der Waals surface area contributed by atoms with Crippen molar-refractivity contribution in [3.63, 3.8) is 0 Å². The van der Waals surface area contributed by atoms with E-state index in [1.165, 1.54) is 0 Å². The average Bonchev–Trinajstić information content (AvgIpc) is 2.81. The SMILES string of the molecule is CCC(C(=O)NC(C)(C)C)N(Cc1ccc(OC)cc1)C(=O)CCc1ccc2c(c1)OCCO2. The van der Waals surface area contributed by atoms with Crippen molar-refractivity contribution in [2.45, 2.75) is 65.1 Å². The summed E-state index contributed by atoms with van der Waals surface area (Å²) < 4.78 is 16.5. The van der Waals surface area contributed by atoms with Gasteiger partial charge in [-0.1, -0.05) is 25.1 Å². The highest BCUT2D eigenvalue weighted by molar-refractivity contribution is 5.88. The van der Waals surface area contributed by atoms with Crippen LogP contribution in [0.15, 0.2) is 42.5 Å². The predicted octanol–water partition coefficient (Wildman–Crippen LogP) is 4.12. The number of ether oxygens (including phenoxy) is 3. The van der Waals surface area contributed by atoms with E-state index in [4.69, 9.17) is 14.2 Å². The summed E-state index contributed by atoms with van der Waals surface area (Å²) in [5.41, 5.74) is 1.55. The molecule has 34 heavy (non-hydrogen) atoms. The third kappa shape index (κ3) is 6.89. The molecule has 1 unspecified atom stereocenters. The van der Waals surface area contributed by atoms with Crippen LogP contribution in [0.5, 0.6) is 17.2 Å². The quantitative estimate of drug-likeness (QED) is 0.599. The van der Waals surface area contributed by atoms with Crippen molar-refractivity contribution in [2.24, 2.45) is 0 Å². The van der Waals surface area contributed by atoms with Gasteiger partial charge in [-0.05, 0) is 69.0 Å². The van der Waals surface area contributed by atoms with Crippen LogP contribution in [-0.2, 0) is 22.6 Å². The minimum absolute atomic E-state index is 0.0679. The number of methoxy groups -OCH3 is 1. The van der Waals surface area contributed by atoms with Gasteiger partial charge >= 0.3 is 0 Å². The lowest BCUT2D eigenvalue weighted by Crippen LogP contribution is -2.53. The van der Waals surface area contributed by atoms with Crippen molar-refractivity contribution >= 4 is 11.8 Å². The molecule has 1 N–H and O–H groups in total. The van der Waals surface area contributed by atoms with Crippen molar-refractivity contribution in [1.82, 2.24) is 10.2 Å². The Morgan fingerprint density at radius 3 is 2.29 bits per heavy atom. The second-order valence-corrected chi connectivity index (χ2v) is 9.51. The summed E-state index contributed by atoms with van der Waals surface area (Å²) in [7, 11) is 1.62. The fourth-order valence-corrected chi connectivity index (χ4v) is 3.94. The normalized spacial score (nSPS) is 13.7. The first-order chi connectivity index (χ1) is 16.2. The van der Waals surface area contributed by atoms with Crippen molar-refractivity contribution in [2.75, 3.05) is 20.3 Å². The van der Waals surface area contributed by atoms with Crippen molar-refractivity contribution in [3.8, 4) is 17.2 Å². The van der Waals surface area contributed by atoms with E-state index >= 15 is 0 Å². The summed E-state index contributed by atoms with van der Waals surface area (Å²) >= 11 is 0. The number of benzene rings is 2. The van der Waals surface area contributed by atoms with Gasteiger partial charge in [-0.2, -0.15) is 0 Å². The molecule has 1 aliphatic rings. The molecule has 0 aliphatic carbocycles. The number of aryl methyl sites for hydroxylation is 1. The first kappa shape index (κ1) is 25.4. The minimum atomic E-state index is -0.561. The van der Waals surface area contributed by atoms with Crippen LogP contribution in [0.3, 0.4) is 0 Å². The maximum Gasteiger partial charge on any atom is 0.243 e. The maximum absolute atomic E-state index is 13.5. The summed E-state index contributed by atoms with van der Waals surface area (Å²) in [6.07, 6.45) is 1.36. The number of amides is 2.